The third-order valence-corrected chi connectivity index (χ3v) is 2.91. The minimum atomic E-state index is -0.542. The van der Waals surface area contributed by atoms with Crippen molar-refractivity contribution in [3.63, 3.8) is 0 Å². The van der Waals surface area contributed by atoms with Gasteiger partial charge in [0.2, 0.25) is 5.75 Å². The van der Waals surface area contributed by atoms with Gasteiger partial charge >= 0.3 is 5.69 Å². The van der Waals surface area contributed by atoms with Crippen LogP contribution in [0.4, 0.5) is 5.69 Å². The van der Waals surface area contributed by atoms with E-state index >= 15 is 0 Å². The molecule has 2 aromatic carbocycles. The maximum absolute atomic E-state index is 10.9. The summed E-state index contributed by atoms with van der Waals surface area (Å²) in [6, 6.07) is 13.1. The van der Waals surface area contributed by atoms with Gasteiger partial charge in [0, 0.05) is 6.07 Å². The fourth-order valence-corrected chi connectivity index (χ4v) is 1.84. The molecule has 0 bridgehead atoms. The van der Waals surface area contributed by atoms with Gasteiger partial charge in [-0.3, -0.25) is 10.1 Å². The van der Waals surface area contributed by atoms with Crippen LogP contribution in [0.15, 0.2) is 42.5 Å². The number of benzene rings is 2. The molecule has 0 N–H and O–H groups in total. The van der Waals surface area contributed by atoms with E-state index in [9.17, 15) is 10.1 Å². The Morgan fingerprint density at radius 1 is 1.25 bits per heavy atom. The molecule has 0 radical (unpaired) electrons. The predicted molar refractivity (Wildman–Crippen MR) is 73.6 cm³/mol. The van der Waals surface area contributed by atoms with Gasteiger partial charge in [-0.15, -0.1) is 0 Å². The van der Waals surface area contributed by atoms with Crippen LogP contribution in [-0.2, 0) is 6.61 Å². The van der Waals surface area contributed by atoms with Crippen LogP contribution in [0.3, 0.4) is 0 Å². The van der Waals surface area contributed by atoms with Gasteiger partial charge in [0.25, 0.3) is 0 Å². The second-order valence-electron chi connectivity index (χ2n) is 3.94. The van der Waals surface area contributed by atoms with Gasteiger partial charge in [-0.1, -0.05) is 29.8 Å². The van der Waals surface area contributed by atoms with Crippen molar-refractivity contribution in [2.24, 2.45) is 0 Å². The summed E-state index contributed by atoms with van der Waals surface area (Å²) in [6.45, 7) is 0.135. The molecule has 2 rings (SSSR count). The number of nitro groups is 1. The van der Waals surface area contributed by atoms with Crippen molar-refractivity contribution in [2.45, 2.75) is 6.61 Å². The molecule has 0 saturated carbocycles. The van der Waals surface area contributed by atoms with Gasteiger partial charge in [0.1, 0.15) is 6.61 Å². The van der Waals surface area contributed by atoms with Crippen LogP contribution in [0.2, 0.25) is 5.02 Å². The molecule has 0 spiro atoms. The van der Waals surface area contributed by atoms with E-state index in [0.717, 1.165) is 5.56 Å². The SMILES string of the molecule is N#Cc1ccc(COc2c(Cl)cccc2[N+](=O)[O-])cc1. The number of hydrogen-bond acceptors (Lipinski definition) is 4. The highest BCUT2D eigenvalue weighted by atomic mass is 35.5. The summed E-state index contributed by atoms with van der Waals surface area (Å²) in [5.41, 5.74) is 1.15. The highest BCUT2D eigenvalue weighted by molar-refractivity contribution is 6.32. The second kappa shape index (κ2) is 6.04. The molecule has 0 aliphatic rings. The van der Waals surface area contributed by atoms with Crippen molar-refractivity contribution in [1.29, 1.82) is 5.26 Å². The highest BCUT2D eigenvalue weighted by Crippen LogP contribution is 2.34. The summed E-state index contributed by atoms with van der Waals surface area (Å²) in [5.74, 6) is 0.0449. The summed E-state index contributed by atoms with van der Waals surface area (Å²) in [4.78, 5) is 10.4. The molecular weight excluding hydrogens is 280 g/mol. The topological polar surface area (TPSA) is 76.2 Å². The molecule has 0 aliphatic heterocycles. The van der Waals surface area contributed by atoms with E-state index in [1.165, 1.54) is 18.2 Å². The molecule has 100 valence electrons. The molecule has 2 aromatic rings. The Labute approximate surface area is 120 Å². The van der Waals surface area contributed by atoms with Crippen LogP contribution in [-0.4, -0.2) is 4.92 Å². The Bertz CT molecular complexity index is 678. The van der Waals surface area contributed by atoms with Gasteiger partial charge < -0.3 is 4.74 Å². The van der Waals surface area contributed by atoms with Gasteiger partial charge in [0.15, 0.2) is 0 Å². The van der Waals surface area contributed by atoms with Crippen LogP contribution in [0, 0.1) is 21.4 Å². The Morgan fingerprint density at radius 2 is 1.95 bits per heavy atom. The second-order valence-corrected chi connectivity index (χ2v) is 4.35. The van der Waals surface area contributed by atoms with Crippen LogP contribution in [0.25, 0.3) is 0 Å². The summed E-state index contributed by atoms with van der Waals surface area (Å²) < 4.78 is 5.43. The molecule has 5 nitrogen and oxygen atoms in total. The number of nitrogens with zero attached hydrogens (tertiary/aromatic N) is 2. The van der Waals surface area contributed by atoms with Crippen molar-refractivity contribution >= 4 is 17.3 Å². The number of ether oxygens (including phenoxy) is 1. The van der Waals surface area contributed by atoms with Crippen LogP contribution < -0.4 is 4.74 Å². The number of para-hydroxylation sites is 1. The third kappa shape index (κ3) is 3.05. The lowest BCUT2D eigenvalue weighted by atomic mass is 10.1. The van der Waals surface area contributed by atoms with E-state index in [4.69, 9.17) is 21.6 Å². The Hall–Kier alpha value is -2.58. The minimum absolute atomic E-state index is 0.0449. The van der Waals surface area contributed by atoms with E-state index in [-0.39, 0.29) is 23.1 Å². The largest absolute Gasteiger partial charge is 0.481 e. The zero-order valence-corrected chi connectivity index (χ0v) is 11.0. The molecule has 0 atom stereocenters. The van der Waals surface area contributed by atoms with Crippen LogP contribution in [0.1, 0.15) is 11.1 Å². The van der Waals surface area contributed by atoms with E-state index in [1.807, 2.05) is 6.07 Å². The Balaban J connectivity index is 2.18. The highest BCUT2D eigenvalue weighted by Gasteiger charge is 2.18. The van der Waals surface area contributed by atoms with Crippen molar-refractivity contribution in [3.8, 4) is 11.8 Å². The average Bonchev–Trinajstić information content (AvgIpc) is 2.46. The standard InChI is InChI=1S/C14H9ClN2O3/c15-12-2-1-3-13(17(18)19)14(12)20-9-11-6-4-10(8-16)5-7-11/h1-7H,9H2. The third-order valence-electron chi connectivity index (χ3n) is 2.61. The number of halogens is 1. The summed E-state index contributed by atoms with van der Waals surface area (Å²) in [6.07, 6.45) is 0. The summed E-state index contributed by atoms with van der Waals surface area (Å²) >= 11 is 5.91. The van der Waals surface area contributed by atoms with Gasteiger partial charge in [0.05, 0.1) is 21.6 Å². The van der Waals surface area contributed by atoms with Gasteiger partial charge in [-0.2, -0.15) is 5.26 Å². The quantitative estimate of drug-likeness (QED) is 0.635. The monoisotopic (exact) mass is 288 g/mol. The maximum Gasteiger partial charge on any atom is 0.312 e. The van der Waals surface area contributed by atoms with E-state index in [2.05, 4.69) is 0 Å². The van der Waals surface area contributed by atoms with Crippen LogP contribution in [0.5, 0.6) is 5.75 Å². The smallest absolute Gasteiger partial charge is 0.312 e. The Morgan fingerprint density at radius 3 is 2.55 bits per heavy atom. The molecule has 0 aromatic heterocycles. The lowest BCUT2D eigenvalue weighted by molar-refractivity contribution is -0.385. The van der Waals surface area contributed by atoms with Gasteiger partial charge in [-0.25, -0.2) is 0 Å². The van der Waals surface area contributed by atoms with Crippen LogP contribution >= 0.6 is 11.6 Å². The first-order chi connectivity index (χ1) is 9.61. The minimum Gasteiger partial charge on any atom is -0.481 e. The molecule has 20 heavy (non-hydrogen) atoms. The zero-order valence-electron chi connectivity index (χ0n) is 10.2. The molecule has 0 heterocycles. The molecule has 0 amide bonds. The van der Waals surface area contributed by atoms with E-state index in [0.29, 0.717) is 5.56 Å². The number of hydrogen-bond donors (Lipinski definition) is 0. The first-order valence-corrected chi connectivity index (χ1v) is 6.04. The average molecular weight is 289 g/mol. The summed E-state index contributed by atoms with van der Waals surface area (Å²) in [5, 5.41) is 19.8. The van der Waals surface area contributed by atoms with Crippen molar-refractivity contribution in [2.75, 3.05) is 0 Å². The number of nitro benzene ring substituents is 1. The summed E-state index contributed by atoms with van der Waals surface area (Å²) in [7, 11) is 0. The molecule has 0 unspecified atom stereocenters. The Kier molecular flexibility index (Phi) is 4.18. The molecular formula is C14H9ClN2O3. The lowest BCUT2D eigenvalue weighted by Gasteiger charge is -2.08. The lowest BCUT2D eigenvalue weighted by Crippen LogP contribution is -1.99. The molecule has 6 heteroatoms. The van der Waals surface area contributed by atoms with Crippen molar-refractivity contribution < 1.29 is 9.66 Å². The fourth-order valence-electron chi connectivity index (χ4n) is 1.62. The first kappa shape index (κ1) is 13.8. The first-order valence-electron chi connectivity index (χ1n) is 5.66. The van der Waals surface area contributed by atoms with E-state index < -0.39 is 4.92 Å². The van der Waals surface area contributed by atoms with Gasteiger partial charge in [-0.05, 0) is 23.8 Å². The fraction of sp³-hybridized carbons (Fsp3) is 0.0714. The zero-order chi connectivity index (χ0) is 14.5. The molecule has 0 aliphatic carbocycles. The number of nitriles is 1. The van der Waals surface area contributed by atoms with Crippen molar-refractivity contribution in [1.82, 2.24) is 0 Å². The van der Waals surface area contributed by atoms with Crippen molar-refractivity contribution in [3.05, 3.63) is 68.7 Å². The maximum atomic E-state index is 10.9. The molecule has 0 fully saturated rings. The number of rotatable bonds is 4. The van der Waals surface area contributed by atoms with E-state index in [1.54, 1.807) is 24.3 Å². The normalized spacial score (nSPS) is 9.80. The molecule has 0 saturated heterocycles. The predicted octanol–water partition coefficient (Wildman–Crippen LogP) is 3.70.